The molecule has 78 valence electrons. The lowest BCUT2D eigenvalue weighted by atomic mass is 10.1. The van der Waals surface area contributed by atoms with Crippen molar-refractivity contribution in [2.75, 3.05) is 7.05 Å². The SMILES string of the molecule is CNCc1occc1-c1ccccc1Cl. The minimum absolute atomic E-state index is 0.702. The van der Waals surface area contributed by atoms with E-state index >= 15 is 0 Å². The predicted octanol–water partition coefficient (Wildman–Crippen LogP) is 3.32. The maximum atomic E-state index is 6.13. The number of furan rings is 1. The van der Waals surface area contributed by atoms with Crippen molar-refractivity contribution in [1.82, 2.24) is 5.32 Å². The first-order valence-corrected chi connectivity index (χ1v) is 5.16. The van der Waals surface area contributed by atoms with E-state index in [1.165, 1.54) is 0 Å². The molecule has 0 radical (unpaired) electrons. The highest BCUT2D eigenvalue weighted by molar-refractivity contribution is 6.33. The molecule has 0 amide bonds. The van der Waals surface area contributed by atoms with E-state index in [1.807, 2.05) is 37.4 Å². The minimum atomic E-state index is 0.702. The Labute approximate surface area is 93.9 Å². The second-order valence-electron chi connectivity index (χ2n) is 3.27. The molecule has 1 heterocycles. The van der Waals surface area contributed by atoms with E-state index < -0.39 is 0 Å². The summed E-state index contributed by atoms with van der Waals surface area (Å²) in [5.74, 6) is 0.908. The fourth-order valence-electron chi connectivity index (χ4n) is 1.56. The highest BCUT2D eigenvalue weighted by atomic mass is 35.5. The molecule has 0 saturated carbocycles. The number of rotatable bonds is 3. The average Bonchev–Trinajstić information content (AvgIpc) is 2.67. The van der Waals surface area contributed by atoms with E-state index in [1.54, 1.807) is 6.26 Å². The van der Waals surface area contributed by atoms with Crippen LogP contribution in [0.25, 0.3) is 11.1 Å². The van der Waals surface area contributed by atoms with Gasteiger partial charge >= 0.3 is 0 Å². The molecule has 1 N–H and O–H groups in total. The molecule has 2 nitrogen and oxygen atoms in total. The van der Waals surface area contributed by atoms with Crippen molar-refractivity contribution in [3.05, 3.63) is 47.4 Å². The second kappa shape index (κ2) is 4.51. The van der Waals surface area contributed by atoms with Crippen LogP contribution in [0.1, 0.15) is 5.76 Å². The van der Waals surface area contributed by atoms with Gasteiger partial charge in [0.2, 0.25) is 0 Å². The summed E-state index contributed by atoms with van der Waals surface area (Å²) < 4.78 is 5.39. The van der Waals surface area contributed by atoms with Gasteiger partial charge in [0.15, 0.2) is 0 Å². The Bertz CT molecular complexity index is 450. The third-order valence-corrected chi connectivity index (χ3v) is 2.58. The summed E-state index contributed by atoms with van der Waals surface area (Å²) in [6, 6.07) is 9.70. The zero-order chi connectivity index (χ0) is 10.7. The molecule has 0 aliphatic rings. The Morgan fingerprint density at radius 2 is 2.00 bits per heavy atom. The first kappa shape index (κ1) is 10.3. The van der Waals surface area contributed by atoms with Crippen molar-refractivity contribution >= 4 is 11.6 Å². The molecule has 15 heavy (non-hydrogen) atoms. The van der Waals surface area contributed by atoms with Crippen molar-refractivity contribution in [2.24, 2.45) is 0 Å². The summed E-state index contributed by atoms with van der Waals surface area (Å²) in [6.45, 7) is 0.702. The average molecular weight is 222 g/mol. The first-order valence-electron chi connectivity index (χ1n) is 4.79. The molecule has 2 rings (SSSR count). The van der Waals surface area contributed by atoms with Gasteiger partial charge in [-0.25, -0.2) is 0 Å². The van der Waals surface area contributed by atoms with E-state index in [0.29, 0.717) is 6.54 Å². The minimum Gasteiger partial charge on any atom is -0.467 e. The molecule has 0 saturated heterocycles. The normalized spacial score (nSPS) is 10.5. The first-order chi connectivity index (χ1) is 7.33. The molecule has 0 fully saturated rings. The van der Waals surface area contributed by atoms with Crippen LogP contribution in [0.15, 0.2) is 41.0 Å². The van der Waals surface area contributed by atoms with Crippen molar-refractivity contribution in [3.63, 3.8) is 0 Å². The number of benzene rings is 1. The Balaban J connectivity index is 2.45. The molecular weight excluding hydrogens is 210 g/mol. The molecule has 0 unspecified atom stereocenters. The molecule has 1 aromatic heterocycles. The van der Waals surface area contributed by atoms with Gasteiger partial charge in [0, 0.05) is 16.1 Å². The summed E-state index contributed by atoms with van der Waals surface area (Å²) in [5.41, 5.74) is 2.06. The lowest BCUT2D eigenvalue weighted by Crippen LogP contribution is -2.04. The fourth-order valence-corrected chi connectivity index (χ4v) is 1.80. The van der Waals surface area contributed by atoms with Crippen LogP contribution in [-0.4, -0.2) is 7.05 Å². The van der Waals surface area contributed by atoms with Gasteiger partial charge in [-0.15, -0.1) is 0 Å². The Hall–Kier alpha value is -1.25. The van der Waals surface area contributed by atoms with E-state index in [-0.39, 0.29) is 0 Å². The maximum Gasteiger partial charge on any atom is 0.125 e. The molecule has 0 aliphatic heterocycles. The summed E-state index contributed by atoms with van der Waals surface area (Å²) in [4.78, 5) is 0. The van der Waals surface area contributed by atoms with E-state index in [9.17, 15) is 0 Å². The summed E-state index contributed by atoms with van der Waals surface area (Å²) in [5, 5.41) is 3.81. The Morgan fingerprint density at radius 1 is 1.20 bits per heavy atom. The lowest BCUT2D eigenvalue weighted by Gasteiger charge is -2.04. The Morgan fingerprint density at radius 3 is 2.73 bits per heavy atom. The van der Waals surface area contributed by atoms with Crippen molar-refractivity contribution in [3.8, 4) is 11.1 Å². The number of hydrogen-bond donors (Lipinski definition) is 1. The zero-order valence-electron chi connectivity index (χ0n) is 8.46. The molecule has 0 bridgehead atoms. The van der Waals surface area contributed by atoms with Crippen LogP contribution < -0.4 is 5.32 Å². The zero-order valence-corrected chi connectivity index (χ0v) is 9.21. The van der Waals surface area contributed by atoms with Gasteiger partial charge in [-0.05, 0) is 19.2 Å². The predicted molar refractivity (Wildman–Crippen MR) is 61.9 cm³/mol. The van der Waals surface area contributed by atoms with Crippen LogP contribution in [0.4, 0.5) is 0 Å². The molecule has 0 atom stereocenters. The van der Waals surface area contributed by atoms with Crippen LogP contribution in [0.3, 0.4) is 0 Å². The highest BCUT2D eigenvalue weighted by Gasteiger charge is 2.10. The van der Waals surface area contributed by atoms with Gasteiger partial charge in [0.1, 0.15) is 5.76 Å². The van der Waals surface area contributed by atoms with Gasteiger partial charge < -0.3 is 9.73 Å². The third kappa shape index (κ3) is 2.06. The van der Waals surface area contributed by atoms with Crippen LogP contribution in [0.2, 0.25) is 5.02 Å². The molecule has 1 aromatic carbocycles. The summed E-state index contributed by atoms with van der Waals surface area (Å²) in [7, 11) is 1.89. The van der Waals surface area contributed by atoms with E-state index in [0.717, 1.165) is 21.9 Å². The molecule has 0 aliphatic carbocycles. The van der Waals surface area contributed by atoms with E-state index in [4.69, 9.17) is 16.0 Å². The molecule has 3 heteroatoms. The largest absolute Gasteiger partial charge is 0.467 e. The topological polar surface area (TPSA) is 25.2 Å². The van der Waals surface area contributed by atoms with Crippen molar-refractivity contribution < 1.29 is 4.42 Å². The summed E-state index contributed by atoms with van der Waals surface area (Å²) >= 11 is 6.13. The molecule has 0 spiro atoms. The lowest BCUT2D eigenvalue weighted by molar-refractivity contribution is 0.497. The summed E-state index contributed by atoms with van der Waals surface area (Å²) in [6.07, 6.45) is 1.69. The quantitative estimate of drug-likeness (QED) is 0.860. The monoisotopic (exact) mass is 221 g/mol. The smallest absolute Gasteiger partial charge is 0.125 e. The van der Waals surface area contributed by atoms with Gasteiger partial charge in [0.05, 0.1) is 12.8 Å². The van der Waals surface area contributed by atoms with Crippen LogP contribution in [0, 0.1) is 0 Å². The van der Waals surface area contributed by atoms with Crippen molar-refractivity contribution in [2.45, 2.75) is 6.54 Å². The van der Waals surface area contributed by atoms with Gasteiger partial charge in [-0.1, -0.05) is 29.8 Å². The van der Waals surface area contributed by atoms with Gasteiger partial charge in [-0.2, -0.15) is 0 Å². The maximum absolute atomic E-state index is 6.13. The molecular formula is C12H12ClNO. The van der Waals surface area contributed by atoms with Crippen LogP contribution in [-0.2, 0) is 6.54 Å². The van der Waals surface area contributed by atoms with Gasteiger partial charge in [-0.3, -0.25) is 0 Å². The number of halogens is 1. The van der Waals surface area contributed by atoms with E-state index in [2.05, 4.69) is 5.32 Å². The van der Waals surface area contributed by atoms with Crippen LogP contribution >= 0.6 is 11.6 Å². The van der Waals surface area contributed by atoms with Gasteiger partial charge in [0.25, 0.3) is 0 Å². The molecule has 2 aromatic rings. The Kier molecular flexibility index (Phi) is 3.09. The van der Waals surface area contributed by atoms with Crippen LogP contribution in [0.5, 0.6) is 0 Å². The standard InChI is InChI=1S/C12H12ClNO/c1-14-8-12-10(6-7-15-12)9-4-2-3-5-11(9)13/h2-7,14H,8H2,1H3. The van der Waals surface area contributed by atoms with Crippen molar-refractivity contribution in [1.29, 1.82) is 0 Å². The fraction of sp³-hybridized carbons (Fsp3) is 0.167. The highest BCUT2D eigenvalue weighted by Crippen LogP contribution is 2.30. The third-order valence-electron chi connectivity index (χ3n) is 2.25. The number of nitrogens with one attached hydrogen (secondary N) is 1. The second-order valence-corrected chi connectivity index (χ2v) is 3.67. The number of hydrogen-bond acceptors (Lipinski definition) is 2.